The van der Waals surface area contributed by atoms with Crippen molar-refractivity contribution in [2.45, 2.75) is 19.9 Å². The van der Waals surface area contributed by atoms with E-state index in [1.807, 2.05) is 13.0 Å². The molecule has 1 saturated heterocycles. The van der Waals surface area contributed by atoms with Crippen molar-refractivity contribution in [2.75, 3.05) is 24.5 Å². The van der Waals surface area contributed by atoms with Crippen molar-refractivity contribution in [1.82, 2.24) is 15.3 Å². The lowest BCUT2D eigenvalue weighted by molar-refractivity contribution is 0.497. The lowest BCUT2D eigenvalue weighted by Gasteiger charge is -2.34. The van der Waals surface area contributed by atoms with E-state index in [-0.39, 0.29) is 0 Å². The van der Waals surface area contributed by atoms with Crippen molar-refractivity contribution in [3.63, 3.8) is 0 Å². The number of anilines is 1. The van der Waals surface area contributed by atoms with Gasteiger partial charge in [-0.2, -0.15) is 0 Å². The van der Waals surface area contributed by atoms with Gasteiger partial charge in [0.15, 0.2) is 0 Å². The van der Waals surface area contributed by atoms with E-state index >= 15 is 0 Å². The average molecular weight is 227 g/mol. The van der Waals surface area contributed by atoms with Gasteiger partial charge in [-0.3, -0.25) is 0 Å². The number of aromatic nitrogens is 2. The fourth-order valence-electron chi connectivity index (χ4n) is 1.84. The van der Waals surface area contributed by atoms with Gasteiger partial charge in [0.1, 0.15) is 5.82 Å². The van der Waals surface area contributed by atoms with E-state index in [1.54, 1.807) is 0 Å². The van der Waals surface area contributed by atoms with Crippen LogP contribution in [-0.2, 0) is 0 Å². The topological polar surface area (TPSA) is 41.0 Å². The third-order valence-electron chi connectivity index (χ3n) is 2.61. The first-order chi connectivity index (χ1) is 7.16. The van der Waals surface area contributed by atoms with Gasteiger partial charge in [0.25, 0.3) is 0 Å². The van der Waals surface area contributed by atoms with Crippen LogP contribution in [0.3, 0.4) is 0 Å². The molecule has 1 atom stereocenters. The minimum absolute atomic E-state index is 0.329. The second-order valence-corrected chi connectivity index (χ2v) is 4.22. The van der Waals surface area contributed by atoms with Gasteiger partial charge in [0.05, 0.1) is 0 Å². The summed E-state index contributed by atoms with van der Waals surface area (Å²) < 4.78 is 0. The summed E-state index contributed by atoms with van der Waals surface area (Å²) in [6.45, 7) is 7.06. The van der Waals surface area contributed by atoms with Gasteiger partial charge in [-0.25, -0.2) is 9.97 Å². The van der Waals surface area contributed by atoms with Crippen molar-refractivity contribution in [3.05, 3.63) is 17.0 Å². The first-order valence-corrected chi connectivity index (χ1v) is 5.53. The van der Waals surface area contributed by atoms with E-state index in [4.69, 9.17) is 11.6 Å². The van der Waals surface area contributed by atoms with Gasteiger partial charge in [-0.1, -0.05) is 0 Å². The number of hydrogen-bond donors (Lipinski definition) is 1. The Bertz CT molecular complexity index is 335. The summed E-state index contributed by atoms with van der Waals surface area (Å²) in [7, 11) is 0. The maximum Gasteiger partial charge on any atom is 0.224 e. The molecule has 1 aromatic rings. The number of piperazine rings is 1. The second-order valence-electron chi connectivity index (χ2n) is 3.88. The molecule has 0 bridgehead atoms. The van der Waals surface area contributed by atoms with E-state index < -0.39 is 0 Å². The van der Waals surface area contributed by atoms with Crippen molar-refractivity contribution in [3.8, 4) is 0 Å². The van der Waals surface area contributed by atoms with Crippen molar-refractivity contribution >= 4 is 17.4 Å². The predicted octanol–water partition coefficient (Wildman–Crippen LogP) is 1.24. The van der Waals surface area contributed by atoms with Crippen LogP contribution in [0.5, 0.6) is 0 Å². The monoisotopic (exact) mass is 226 g/mol. The zero-order valence-corrected chi connectivity index (χ0v) is 9.75. The molecular formula is C10H15ClN4. The molecule has 0 amide bonds. The van der Waals surface area contributed by atoms with E-state index in [9.17, 15) is 0 Å². The second kappa shape index (κ2) is 4.33. The maximum atomic E-state index is 5.85. The molecule has 1 aliphatic heterocycles. The quantitative estimate of drug-likeness (QED) is 0.732. The number of rotatable bonds is 1. The minimum atomic E-state index is 0.329. The molecule has 2 heterocycles. The molecule has 5 heteroatoms. The Hall–Kier alpha value is -0.870. The predicted molar refractivity (Wildman–Crippen MR) is 61.5 cm³/mol. The molecule has 1 aromatic heterocycles. The number of nitrogens with zero attached hydrogens (tertiary/aromatic N) is 3. The van der Waals surface area contributed by atoms with E-state index in [0.717, 1.165) is 31.1 Å². The first-order valence-electron chi connectivity index (χ1n) is 5.15. The van der Waals surface area contributed by atoms with Crippen LogP contribution >= 0.6 is 11.6 Å². The zero-order valence-electron chi connectivity index (χ0n) is 9.00. The van der Waals surface area contributed by atoms with Crippen LogP contribution in [0.15, 0.2) is 6.07 Å². The Morgan fingerprint density at radius 2 is 2.33 bits per heavy atom. The molecule has 0 aromatic carbocycles. The SMILES string of the molecule is Cc1cc(N2CCNC[C@@H]2C)nc(Cl)n1. The highest BCUT2D eigenvalue weighted by Gasteiger charge is 2.19. The highest BCUT2D eigenvalue weighted by atomic mass is 35.5. The summed E-state index contributed by atoms with van der Waals surface area (Å²) in [5.41, 5.74) is 0.913. The number of halogens is 1. The van der Waals surface area contributed by atoms with Crippen LogP contribution in [0.25, 0.3) is 0 Å². The van der Waals surface area contributed by atoms with Crippen LogP contribution in [-0.4, -0.2) is 35.6 Å². The van der Waals surface area contributed by atoms with Crippen LogP contribution in [0.4, 0.5) is 5.82 Å². The minimum Gasteiger partial charge on any atom is -0.351 e. The molecule has 1 aliphatic rings. The highest BCUT2D eigenvalue weighted by molar-refractivity contribution is 6.28. The molecule has 0 spiro atoms. The molecule has 82 valence electrons. The summed E-state index contributed by atoms with van der Waals surface area (Å²) in [5, 5.41) is 3.67. The number of nitrogens with one attached hydrogen (secondary N) is 1. The maximum absolute atomic E-state index is 5.85. The Balaban J connectivity index is 2.27. The van der Waals surface area contributed by atoms with Crippen molar-refractivity contribution in [2.24, 2.45) is 0 Å². The standard InChI is InChI=1S/C10H15ClN4/c1-7-5-9(14-10(11)13-7)15-4-3-12-6-8(15)2/h5,8,12H,3-4,6H2,1-2H3/t8-/m0/s1. The lowest BCUT2D eigenvalue weighted by atomic mass is 10.2. The fourth-order valence-corrected chi connectivity index (χ4v) is 2.06. The fraction of sp³-hybridized carbons (Fsp3) is 0.600. The van der Waals surface area contributed by atoms with Crippen molar-refractivity contribution in [1.29, 1.82) is 0 Å². The van der Waals surface area contributed by atoms with Gasteiger partial charge in [-0.15, -0.1) is 0 Å². The largest absolute Gasteiger partial charge is 0.351 e. The van der Waals surface area contributed by atoms with Gasteiger partial charge < -0.3 is 10.2 Å². The summed E-state index contributed by atoms with van der Waals surface area (Å²) in [4.78, 5) is 10.6. The summed E-state index contributed by atoms with van der Waals surface area (Å²) >= 11 is 5.85. The smallest absolute Gasteiger partial charge is 0.224 e. The first kappa shape index (κ1) is 10.6. The van der Waals surface area contributed by atoms with Crippen LogP contribution in [0.2, 0.25) is 5.28 Å². The van der Waals surface area contributed by atoms with Crippen LogP contribution in [0, 0.1) is 6.92 Å². The summed E-state index contributed by atoms with van der Waals surface area (Å²) in [5.74, 6) is 0.932. The molecule has 2 rings (SSSR count). The Morgan fingerprint density at radius 3 is 3.00 bits per heavy atom. The molecular weight excluding hydrogens is 212 g/mol. The van der Waals surface area contributed by atoms with E-state index in [0.29, 0.717) is 11.3 Å². The van der Waals surface area contributed by atoms with Crippen LogP contribution in [0.1, 0.15) is 12.6 Å². The molecule has 0 saturated carbocycles. The van der Waals surface area contributed by atoms with E-state index in [2.05, 4.69) is 27.1 Å². The Labute approximate surface area is 94.7 Å². The molecule has 0 unspecified atom stereocenters. The third kappa shape index (κ3) is 2.38. The number of aryl methyl sites for hydroxylation is 1. The highest BCUT2D eigenvalue weighted by Crippen LogP contribution is 2.18. The average Bonchev–Trinajstić information content (AvgIpc) is 2.16. The molecule has 15 heavy (non-hydrogen) atoms. The summed E-state index contributed by atoms with van der Waals surface area (Å²) in [6.07, 6.45) is 0. The molecule has 0 aliphatic carbocycles. The lowest BCUT2D eigenvalue weighted by Crippen LogP contribution is -2.50. The zero-order chi connectivity index (χ0) is 10.8. The van der Waals surface area contributed by atoms with Crippen molar-refractivity contribution < 1.29 is 0 Å². The number of hydrogen-bond acceptors (Lipinski definition) is 4. The Kier molecular flexibility index (Phi) is 3.07. The van der Waals surface area contributed by atoms with E-state index in [1.165, 1.54) is 0 Å². The molecule has 0 radical (unpaired) electrons. The van der Waals surface area contributed by atoms with Gasteiger partial charge in [-0.05, 0) is 25.4 Å². The van der Waals surface area contributed by atoms with Gasteiger partial charge in [0.2, 0.25) is 5.28 Å². The molecule has 1 N–H and O–H groups in total. The molecule has 4 nitrogen and oxygen atoms in total. The van der Waals surface area contributed by atoms with Crippen LogP contribution < -0.4 is 10.2 Å². The molecule has 1 fully saturated rings. The summed E-state index contributed by atoms with van der Waals surface area (Å²) in [6, 6.07) is 2.43. The van der Waals surface area contributed by atoms with Gasteiger partial charge >= 0.3 is 0 Å². The van der Waals surface area contributed by atoms with Gasteiger partial charge in [0, 0.05) is 37.4 Å². The Morgan fingerprint density at radius 1 is 1.53 bits per heavy atom. The third-order valence-corrected chi connectivity index (χ3v) is 2.78. The normalized spacial score (nSPS) is 21.8.